The first-order valence-corrected chi connectivity index (χ1v) is 18.1. The Labute approximate surface area is 198 Å². The summed E-state index contributed by atoms with van der Waals surface area (Å²) in [6.45, 7) is 27.3. The van der Waals surface area contributed by atoms with Gasteiger partial charge in [-0.25, -0.2) is 0 Å². The zero-order chi connectivity index (χ0) is 24.8. The first-order chi connectivity index (χ1) is 14.2. The summed E-state index contributed by atoms with van der Waals surface area (Å²) in [6.07, 6.45) is 0.990. The zero-order valence-electron chi connectivity index (χ0n) is 22.8. The molecule has 0 spiro atoms. The summed E-state index contributed by atoms with van der Waals surface area (Å²) in [5.74, 6) is -2.11. The number of hydrogen-bond donors (Lipinski definition) is 1. The van der Waals surface area contributed by atoms with Crippen molar-refractivity contribution in [1.29, 1.82) is 0 Å². The Hall–Kier alpha value is 0.194. The summed E-state index contributed by atoms with van der Waals surface area (Å²) in [7, 11) is -3.69. The van der Waals surface area contributed by atoms with Gasteiger partial charge in [0, 0.05) is 13.0 Å². The number of rotatable bonds is 9. The summed E-state index contributed by atoms with van der Waals surface area (Å²) >= 11 is 0. The van der Waals surface area contributed by atoms with Crippen LogP contribution in [-0.2, 0) is 23.1 Å². The maximum atomic E-state index is 11.4. The number of unbranched alkanes of at least 4 members (excludes halogenated alkanes) is 1. The van der Waals surface area contributed by atoms with Gasteiger partial charge in [0.1, 0.15) is 18.3 Å². The van der Waals surface area contributed by atoms with Crippen molar-refractivity contribution in [3.63, 3.8) is 0 Å². The lowest BCUT2D eigenvalue weighted by Gasteiger charge is -2.37. The number of fused-ring (bicyclic) bond motifs is 1. The van der Waals surface area contributed by atoms with Gasteiger partial charge >= 0.3 is 0 Å². The van der Waals surface area contributed by atoms with Gasteiger partial charge in [0.15, 0.2) is 28.2 Å². The molecule has 2 fully saturated rings. The van der Waals surface area contributed by atoms with E-state index < -0.39 is 34.3 Å². The predicted octanol–water partition coefficient (Wildman–Crippen LogP) is 5.81. The summed E-state index contributed by atoms with van der Waals surface area (Å²) < 4.78 is 31.1. The lowest BCUT2D eigenvalue weighted by atomic mass is 10.0. The third-order valence-electron chi connectivity index (χ3n) is 7.91. The number of aliphatic hydroxyl groups is 1. The van der Waals surface area contributed by atoms with Crippen LogP contribution in [0.25, 0.3) is 0 Å². The van der Waals surface area contributed by atoms with E-state index in [0.717, 1.165) is 12.8 Å². The van der Waals surface area contributed by atoms with Crippen molar-refractivity contribution in [2.75, 3.05) is 13.2 Å². The molecule has 2 aliphatic heterocycles. The van der Waals surface area contributed by atoms with Crippen molar-refractivity contribution in [3.05, 3.63) is 0 Å². The van der Waals surface area contributed by atoms with E-state index in [2.05, 4.69) is 67.7 Å². The number of ether oxygens (including phenoxy) is 3. The molecule has 0 aromatic heterocycles. The van der Waals surface area contributed by atoms with Crippen molar-refractivity contribution < 1.29 is 28.2 Å². The van der Waals surface area contributed by atoms with E-state index in [-0.39, 0.29) is 22.3 Å². The Bertz CT molecular complexity index is 637. The van der Waals surface area contributed by atoms with Gasteiger partial charge in [-0.2, -0.15) is 0 Å². The highest BCUT2D eigenvalue weighted by Crippen LogP contribution is 2.46. The molecule has 0 bridgehead atoms. The number of hydrogen-bond acceptors (Lipinski definition) is 6. The maximum absolute atomic E-state index is 11.4. The van der Waals surface area contributed by atoms with E-state index in [1.54, 1.807) is 0 Å². The zero-order valence-corrected chi connectivity index (χ0v) is 24.8. The average Bonchev–Trinajstić information content (AvgIpc) is 3.03. The molecule has 0 aromatic carbocycles. The molecule has 0 amide bonds. The predicted molar refractivity (Wildman–Crippen MR) is 134 cm³/mol. The molecule has 2 heterocycles. The third kappa shape index (κ3) is 6.44. The minimum absolute atomic E-state index is 0.109. The molecule has 6 nitrogen and oxygen atoms in total. The molecule has 1 unspecified atom stereocenters. The Morgan fingerprint density at radius 3 is 1.88 bits per heavy atom. The molecule has 1 N–H and O–H groups in total. The summed E-state index contributed by atoms with van der Waals surface area (Å²) in [5.41, 5.74) is 0. The molecule has 0 saturated carbocycles. The van der Waals surface area contributed by atoms with Crippen LogP contribution < -0.4 is 0 Å². The van der Waals surface area contributed by atoms with Crippen molar-refractivity contribution >= 4 is 16.6 Å². The van der Waals surface area contributed by atoms with E-state index in [9.17, 15) is 5.11 Å². The van der Waals surface area contributed by atoms with Crippen molar-refractivity contribution in [2.45, 2.75) is 141 Å². The minimum atomic E-state index is -1.94. The molecule has 2 saturated heterocycles. The molecule has 2 aliphatic rings. The molecule has 190 valence electrons. The average molecular weight is 491 g/mol. The molecular formula is C24H50O6Si2. The smallest absolute Gasteiger partial charge is 0.195 e. The molecule has 8 heteroatoms. The van der Waals surface area contributed by atoms with Gasteiger partial charge in [0.25, 0.3) is 0 Å². The molecule has 2 rings (SSSR count). The van der Waals surface area contributed by atoms with Crippen molar-refractivity contribution in [1.82, 2.24) is 0 Å². The van der Waals surface area contributed by atoms with Gasteiger partial charge in [-0.1, -0.05) is 41.5 Å². The van der Waals surface area contributed by atoms with Crippen LogP contribution in [0.2, 0.25) is 36.3 Å². The van der Waals surface area contributed by atoms with Crippen LogP contribution in [0, 0.1) is 0 Å². The topological polar surface area (TPSA) is 66.4 Å². The van der Waals surface area contributed by atoms with Crippen LogP contribution in [-0.4, -0.2) is 64.8 Å². The van der Waals surface area contributed by atoms with Crippen LogP contribution in [0.3, 0.4) is 0 Å². The quantitative estimate of drug-likeness (QED) is 0.325. The normalized spacial score (nSPS) is 31.2. The summed E-state index contributed by atoms with van der Waals surface area (Å²) in [5, 5.41) is 11.7. The molecular weight excluding hydrogens is 440 g/mol. The van der Waals surface area contributed by atoms with Crippen molar-refractivity contribution in [3.8, 4) is 0 Å². The van der Waals surface area contributed by atoms with Gasteiger partial charge in [-0.15, -0.1) is 0 Å². The fourth-order valence-electron chi connectivity index (χ4n) is 3.67. The van der Waals surface area contributed by atoms with Crippen LogP contribution in [0.5, 0.6) is 0 Å². The van der Waals surface area contributed by atoms with Crippen LogP contribution >= 0.6 is 0 Å². The van der Waals surface area contributed by atoms with Gasteiger partial charge in [0.05, 0.1) is 6.61 Å². The Morgan fingerprint density at radius 1 is 0.812 bits per heavy atom. The van der Waals surface area contributed by atoms with Gasteiger partial charge in [-0.05, 0) is 63.0 Å². The highest BCUT2D eigenvalue weighted by atomic mass is 28.4. The molecule has 0 aromatic rings. The van der Waals surface area contributed by atoms with Gasteiger partial charge in [-0.3, -0.25) is 0 Å². The Kier molecular flexibility index (Phi) is 8.29. The standard InChI is InChI=1S/C24H50O6Si2/c1-21(2,3)31(9,10)26-16-14-13-15-24(25)20-19(29-23(7,8)30-20)18(28-24)17-27-32(11,12)22(4,5)6/h18-20,25H,13-17H2,1-12H3/t18-,19-,20-,24?/m1/s1. The second-order valence-corrected chi connectivity index (χ2v) is 22.8. The monoisotopic (exact) mass is 490 g/mol. The first kappa shape index (κ1) is 28.4. The van der Waals surface area contributed by atoms with E-state index in [4.69, 9.17) is 23.1 Å². The lowest BCUT2D eigenvalue weighted by Crippen LogP contribution is -2.44. The highest BCUT2D eigenvalue weighted by molar-refractivity contribution is 6.74. The van der Waals surface area contributed by atoms with E-state index in [1.807, 2.05) is 13.8 Å². The molecule has 32 heavy (non-hydrogen) atoms. The lowest BCUT2D eigenvalue weighted by molar-refractivity contribution is -0.278. The van der Waals surface area contributed by atoms with E-state index in [0.29, 0.717) is 19.6 Å². The minimum Gasteiger partial charge on any atom is -0.417 e. The highest BCUT2D eigenvalue weighted by Gasteiger charge is 2.62. The molecule has 0 aliphatic carbocycles. The largest absolute Gasteiger partial charge is 0.417 e. The van der Waals surface area contributed by atoms with Crippen LogP contribution in [0.15, 0.2) is 0 Å². The van der Waals surface area contributed by atoms with Gasteiger partial charge < -0.3 is 28.2 Å². The van der Waals surface area contributed by atoms with Crippen LogP contribution in [0.1, 0.15) is 74.7 Å². The van der Waals surface area contributed by atoms with Crippen LogP contribution in [0.4, 0.5) is 0 Å². The van der Waals surface area contributed by atoms with E-state index >= 15 is 0 Å². The SMILES string of the molecule is CC1(C)O[C@H]2[C@@H](O1)C(O)(CCCCO[Si](C)(C)C(C)(C)C)O[C@@H]2CO[Si](C)(C)C(C)(C)C. The van der Waals surface area contributed by atoms with Gasteiger partial charge in [0.2, 0.25) is 0 Å². The third-order valence-corrected chi connectivity index (χ3v) is 16.9. The molecule has 0 radical (unpaired) electrons. The maximum Gasteiger partial charge on any atom is 0.195 e. The fraction of sp³-hybridized carbons (Fsp3) is 1.00. The fourth-order valence-corrected chi connectivity index (χ4v) is 5.77. The molecule has 4 atom stereocenters. The Balaban J connectivity index is 1.97. The van der Waals surface area contributed by atoms with E-state index in [1.165, 1.54) is 0 Å². The summed E-state index contributed by atoms with van der Waals surface area (Å²) in [4.78, 5) is 0. The second-order valence-electron chi connectivity index (χ2n) is 13.2. The second kappa shape index (κ2) is 9.34. The summed E-state index contributed by atoms with van der Waals surface area (Å²) in [6, 6.07) is 0. The van der Waals surface area contributed by atoms with Crippen molar-refractivity contribution in [2.24, 2.45) is 0 Å². The Morgan fingerprint density at radius 2 is 1.34 bits per heavy atom. The first-order valence-electron chi connectivity index (χ1n) is 12.2.